The van der Waals surface area contributed by atoms with Gasteiger partial charge < -0.3 is 15.7 Å². The highest BCUT2D eigenvalue weighted by atomic mass is 32.1. The number of rotatable bonds is 5. The summed E-state index contributed by atoms with van der Waals surface area (Å²) in [5.74, 6) is 0. The van der Waals surface area contributed by atoms with E-state index in [-0.39, 0.29) is 11.5 Å². The van der Waals surface area contributed by atoms with E-state index in [4.69, 9.17) is 12.2 Å². The fraction of sp³-hybridized carbons (Fsp3) is 0.381. The summed E-state index contributed by atoms with van der Waals surface area (Å²) in [5.41, 5.74) is 3.53. The zero-order valence-electron chi connectivity index (χ0n) is 15.4. The third-order valence-electron chi connectivity index (χ3n) is 4.25. The van der Waals surface area contributed by atoms with Crippen LogP contribution < -0.4 is 10.6 Å². The monoisotopic (exact) mass is 356 g/mol. The Kier molecular flexibility index (Phi) is 6.57. The van der Waals surface area contributed by atoms with Crippen LogP contribution in [0.5, 0.6) is 0 Å². The van der Waals surface area contributed by atoms with Crippen molar-refractivity contribution in [1.29, 1.82) is 0 Å². The van der Waals surface area contributed by atoms with Gasteiger partial charge >= 0.3 is 0 Å². The fourth-order valence-electron chi connectivity index (χ4n) is 2.58. The Labute approximate surface area is 156 Å². The number of aliphatic hydroxyl groups excluding tert-OH is 1. The Morgan fingerprint density at radius 3 is 2.20 bits per heavy atom. The van der Waals surface area contributed by atoms with E-state index in [1.807, 2.05) is 37.3 Å². The first kappa shape index (κ1) is 19.4. The minimum absolute atomic E-state index is 0.159. The molecule has 4 heteroatoms. The molecule has 0 aromatic heterocycles. The molecule has 3 N–H and O–H groups in total. The molecule has 0 aliphatic rings. The molecule has 0 radical (unpaired) electrons. The molecule has 2 aromatic carbocycles. The van der Waals surface area contributed by atoms with Gasteiger partial charge in [0, 0.05) is 6.54 Å². The van der Waals surface area contributed by atoms with Crippen LogP contribution in [0.2, 0.25) is 0 Å². The van der Waals surface area contributed by atoms with Crippen LogP contribution in [0.25, 0.3) is 0 Å². The molecule has 0 amide bonds. The lowest BCUT2D eigenvalue weighted by Crippen LogP contribution is -2.42. The Balaban J connectivity index is 1.84. The summed E-state index contributed by atoms with van der Waals surface area (Å²) in [6.45, 7) is 9.20. The summed E-state index contributed by atoms with van der Waals surface area (Å²) >= 11 is 5.35. The molecule has 134 valence electrons. The Morgan fingerprint density at radius 1 is 1.04 bits per heavy atom. The molecule has 25 heavy (non-hydrogen) atoms. The minimum atomic E-state index is -0.605. The van der Waals surface area contributed by atoms with Crippen molar-refractivity contribution >= 4 is 17.3 Å². The molecular weight excluding hydrogens is 328 g/mol. The van der Waals surface area contributed by atoms with Crippen LogP contribution in [0.1, 0.15) is 50.5 Å². The van der Waals surface area contributed by atoms with Crippen molar-refractivity contribution in [1.82, 2.24) is 10.6 Å². The number of nitrogens with one attached hydrogen (secondary N) is 2. The molecular formula is C21H28N2OS. The maximum atomic E-state index is 10.4. The first-order chi connectivity index (χ1) is 11.8. The second kappa shape index (κ2) is 8.45. The van der Waals surface area contributed by atoms with Crippen LogP contribution in [-0.2, 0) is 12.0 Å². The third kappa shape index (κ3) is 5.83. The minimum Gasteiger partial charge on any atom is -0.386 e. The van der Waals surface area contributed by atoms with Gasteiger partial charge in [0.05, 0.1) is 12.1 Å². The van der Waals surface area contributed by atoms with Gasteiger partial charge in [0.25, 0.3) is 0 Å². The molecule has 0 aliphatic carbocycles. The van der Waals surface area contributed by atoms with Gasteiger partial charge in [-0.3, -0.25) is 0 Å². The van der Waals surface area contributed by atoms with Gasteiger partial charge in [-0.15, -0.1) is 0 Å². The lowest BCUT2D eigenvalue weighted by atomic mass is 9.87. The van der Waals surface area contributed by atoms with E-state index in [9.17, 15) is 5.11 Å². The first-order valence-electron chi connectivity index (χ1n) is 8.64. The molecule has 0 saturated carbocycles. The van der Waals surface area contributed by atoms with Crippen LogP contribution in [0.4, 0.5) is 0 Å². The molecule has 0 aliphatic heterocycles. The molecule has 0 heterocycles. The van der Waals surface area contributed by atoms with Crippen molar-refractivity contribution in [3.63, 3.8) is 0 Å². The predicted molar refractivity (Wildman–Crippen MR) is 109 cm³/mol. The summed E-state index contributed by atoms with van der Waals surface area (Å²) in [7, 11) is 0. The second-order valence-corrected chi connectivity index (χ2v) is 7.83. The highest BCUT2D eigenvalue weighted by molar-refractivity contribution is 7.80. The van der Waals surface area contributed by atoms with Crippen LogP contribution in [0, 0.1) is 0 Å². The van der Waals surface area contributed by atoms with Crippen LogP contribution in [-0.4, -0.2) is 16.3 Å². The average molecular weight is 357 g/mol. The van der Waals surface area contributed by atoms with E-state index in [0.29, 0.717) is 11.7 Å². The van der Waals surface area contributed by atoms with Gasteiger partial charge in [0.2, 0.25) is 0 Å². The van der Waals surface area contributed by atoms with Gasteiger partial charge in [-0.2, -0.15) is 0 Å². The molecule has 2 rings (SSSR count). The number of hydrogen-bond donors (Lipinski definition) is 3. The van der Waals surface area contributed by atoms with Crippen molar-refractivity contribution < 1.29 is 5.11 Å². The summed E-state index contributed by atoms with van der Waals surface area (Å²) < 4.78 is 0. The van der Waals surface area contributed by atoms with Crippen LogP contribution in [0.15, 0.2) is 54.6 Å². The van der Waals surface area contributed by atoms with Crippen LogP contribution >= 0.6 is 12.2 Å². The number of hydrogen-bond acceptors (Lipinski definition) is 2. The average Bonchev–Trinajstić information content (AvgIpc) is 2.59. The van der Waals surface area contributed by atoms with Crippen molar-refractivity contribution in [2.24, 2.45) is 0 Å². The van der Waals surface area contributed by atoms with Crippen LogP contribution in [0.3, 0.4) is 0 Å². The van der Waals surface area contributed by atoms with E-state index >= 15 is 0 Å². The van der Waals surface area contributed by atoms with Gasteiger partial charge in [0.1, 0.15) is 0 Å². The molecule has 0 fully saturated rings. The molecule has 0 spiro atoms. The summed E-state index contributed by atoms with van der Waals surface area (Å²) in [5, 5.41) is 17.3. The third-order valence-corrected chi connectivity index (χ3v) is 4.51. The smallest absolute Gasteiger partial charge is 0.166 e. The maximum absolute atomic E-state index is 10.4. The SMILES string of the molecule is CC(NC(=S)NCc1ccc(C(C)(C)C)cc1)C(O)c1ccccc1. The molecule has 2 atom stereocenters. The second-order valence-electron chi connectivity index (χ2n) is 7.42. The van der Waals surface area contributed by atoms with Gasteiger partial charge in [-0.25, -0.2) is 0 Å². The summed E-state index contributed by atoms with van der Waals surface area (Å²) in [6.07, 6.45) is -0.605. The summed E-state index contributed by atoms with van der Waals surface area (Å²) in [6, 6.07) is 18.0. The molecule has 2 unspecified atom stereocenters. The topological polar surface area (TPSA) is 44.3 Å². The number of aliphatic hydroxyl groups is 1. The largest absolute Gasteiger partial charge is 0.386 e. The fourth-order valence-corrected chi connectivity index (χ4v) is 2.84. The molecule has 0 saturated heterocycles. The van der Waals surface area contributed by atoms with Gasteiger partial charge in [-0.1, -0.05) is 75.4 Å². The lowest BCUT2D eigenvalue weighted by Gasteiger charge is -2.22. The zero-order chi connectivity index (χ0) is 18.4. The quantitative estimate of drug-likeness (QED) is 0.707. The van der Waals surface area contributed by atoms with E-state index in [1.165, 1.54) is 11.1 Å². The molecule has 0 bridgehead atoms. The molecule has 2 aromatic rings. The van der Waals surface area contributed by atoms with E-state index < -0.39 is 6.10 Å². The lowest BCUT2D eigenvalue weighted by molar-refractivity contribution is 0.145. The standard InChI is InChI=1S/C21H28N2OS/c1-15(19(24)17-8-6-5-7-9-17)23-20(25)22-14-16-10-12-18(13-11-16)21(2,3)4/h5-13,15,19,24H,14H2,1-4H3,(H2,22,23,25). The highest BCUT2D eigenvalue weighted by Gasteiger charge is 2.17. The Bertz CT molecular complexity index is 677. The van der Waals surface area contributed by atoms with Gasteiger partial charge in [-0.05, 0) is 41.2 Å². The Hall–Kier alpha value is -1.91. The predicted octanol–water partition coefficient (Wildman–Crippen LogP) is 4.07. The van der Waals surface area contributed by atoms with E-state index in [2.05, 4.69) is 55.7 Å². The first-order valence-corrected chi connectivity index (χ1v) is 9.05. The van der Waals surface area contributed by atoms with Crippen molar-refractivity contribution in [2.75, 3.05) is 0 Å². The van der Waals surface area contributed by atoms with Crippen molar-refractivity contribution in [3.05, 3.63) is 71.3 Å². The summed E-state index contributed by atoms with van der Waals surface area (Å²) in [4.78, 5) is 0. The zero-order valence-corrected chi connectivity index (χ0v) is 16.2. The van der Waals surface area contributed by atoms with Crippen molar-refractivity contribution in [3.8, 4) is 0 Å². The Morgan fingerprint density at radius 2 is 1.64 bits per heavy atom. The number of benzene rings is 2. The highest BCUT2D eigenvalue weighted by Crippen LogP contribution is 2.22. The van der Waals surface area contributed by atoms with E-state index in [0.717, 1.165) is 5.56 Å². The van der Waals surface area contributed by atoms with E-state index in [1.54, 1.807) is 0 Å². The normalized spacial score (nSPS) is 13.8. The maximum Gasteiger partial charge on any atom is 0.166 e. The van der Waals surface area contributed by atoms with Gasteiger partial charge in [0.15, 0.2) is 5.11 Å². The molecule has 3 nitrogen and oxygen atoms in total. The van der Waals surface area contributed by atoms with Crippen molar-refractivity contribution in [2.45, 2.75) is 51.8 Å². The number of thiocarbonyl (C=S) groups is 1.